The first-order valence-electron chi connectivity index (χ1n) is 9.89. The van der Waals surface area contributed by atoms with Gasteiger partial charge in [0.05, 0.1) is 20.5 Å². The first kappa shape index (κ1) is 20.4. The zero-order chi connectivity index (χ0) is 20.4. The van der Waals surface area contributed by atoms with E-state index in [1.165, 1.54) is 11.3 Å². The molecule has 0 bridgehead atoms. The van der Waals surface area contributed by atoms with Gasteiger partial charge in [0.2, 0.25) is 0 Å². The molecule has 0 amide bonds. The van der Waals surface area contributed by atoms with E-state index >= 15 is 0 Å². The van der Waals surface area contributed by atoms with Gasteiger partial charge in [0.15, 0.2) is 0 Å². The van der Waals surface area contributed by atoms with Crippen LogP contribution in [0.1, 0.15) is 26.7 Å². The van der Waals surface area contributed by atoms with Gasteiger partial charge in [0.25, 0.3) is 0 Å². The Labute approximate surface area is 181 Å². The molecule has 0 radical (unpaired) electrons. The Morgan fingerprint density at radius 3 is 2.55 bits per heavy atom. The van der Waals surface area contributed by atoms with E-state index in [9.17, 15) is 4.55 Å². The highest BCUT2D eigenvalue weighted by molar-refractivity contribution is 8.30. The molecule has 6 heteroatoms. The number of anilines is 1. The van der Waals surface area contributed by atoms with Gasteiger partial charge in [-0.05, 0) is 46.6 Å². The summed E-state index contributed by atoms with van der Waals surface area (Å²) in [5, 5.41) is 3.00. The van der Waals surface area contributed by atoms with E-state index in [-0.39, 0.29) is 0 Å². The maximum atomic E-state index is 13.8. The molecule has 29 heavy (non-hydrogen) atoms. The Balaban J connectivity index is 1.98. The molecule has 3 aromatic heterocycles. The lowest BCUT2D eigenvalue weighted by Gasteiger charge is -2.46. The largest absolute Gasteiger partial charge is 0.808 e. The van der Waals surface area contributed by atoms with Crippen LogP contribution in [0.5, 0.6) is 0 Å². The van der Waals surface area contributed by atoms with E-state index in [4.69, 9.17) is 10.7 Å². The Bertz CT molecular complexity index is 1110. The first-order chi connectivity index (χ1) is 14.1. The van der Waals surface area contributed by atoms with Crippen LogP contribution in [0.25, 0.3) is 31.9 Å². The van der Waals surface area contributed by atoms with Crippen LogP contribution >= 0.6 is 33.0 Å². The number of benzene rings is 1. The lowest BCUT2D eigenvalue weighted by atomic mass is 10.0. The van der Waals surface area contributed by atoms with Crippen molar-refractivity contribution in [1.82, 2.24) is 4.98 Å². The quantitative estimate of drug-likeness (QED) is 0.325. The predicted octanol–water partition coefficient (Wildman–Crippen LogP) is 7.39. The molecule has 0 saturated heterocycles. The molecular formula is C23H25N2OS3-. The van der Waals surface area contributed by atoms with Crippen LogP contribution in [0.3, 0.4) is 0 Å². The predicted molar refractivity (Wildman–Crippen MR) is 130 cm³/mol. The van der Waals surface area contributed by atoms with Crippen molar-refractivity contribution in [3.63, 3.8) is 0 Å². The highest BCUT2D eigenvalue weighted by Crippen LogP contribution is 2.60. The van der Waals surface area contributed by atoms with Crippen LogP contribution in [0.2, 0.25) is 0 Å². The highest BCUT2D eigenvalue weighted by atomic mass is 32.3. The van der Waals surface area contributed by atoms with E-state index < -0.39 is 10.3 Å². The van der Waals surface area contributed by atoms with Gasteiger partial charge in [-0.15, -0.1) is 22.7 Å². The molecule has 4 rings (SSSR count). The third kappa shape index (κ3) is 3.82. The average molecular weight is 442 g/mol. The van der Waals surface area contributed by atoms with Crippen LogP contribution < -0.4 is 5.73 Å². The van der Waals surface area contributed by atoms with Crippen molar-refractivity contribution < 1.29 is 4.55 Å². The molecule has 1 aromatic carbocycles. The highest BCUT2D eigenvalue weighted by Gasteiger charge is 2.23. The fraction of sp³-hybridized carbons (Fsp3) is 0.261. The Kier molecular flexibility index (Phi) is 5.97. The van der Waals surface area contributed by atoms with Crippen LogP contribution in [0.4, 0.5) is 5.69 Å². The smallest absolute Gasteiger partial charge is 0.127 e. The van der Waals surface area contributed by atoms with Crippen LogP contribution in [-0.2, 0) is 0 Å². The van der Waals surface area contributed by atoms with Crippen LogP contribution in [-0.4, -0.2) is 21.0 Å². The summed E-state index contributed by atoms with van der Waals surface area (Å²) in [4.78, 5) is 6.94. The van der Waals surface area contributed by atoms with E-state index in [2.05, 4.69) is 36.6 Å². The number of pyridine rings is 1. The molecule has 152 valence electrons. The lowest BCUT2D eigenvalue weighted by molar-refractivity contribution is 0.581. The first-order valence-corrected chi connectivity index (χ1v) is 13.5. The second kappa shape index (κ2) is 8.48. The van der Waals surface area contributed by atoms with Crippen molar-refractivity contribution in [2.24, 2.45) is 0 Å². The van der Waals surface area contributed by atoms with Crippen molar-refractivity contribution in [3.8, 4) is 21.7 Å². The molecule has 2 N–H and O–H groups in total. The number of rotatable bonds is 7. The number of thiophene rings is 2. The molecule has 0 aliphatic heterocycles. The van der Waals surface area contributed by atoms with Gasteiger partial charge in [0, 0.05) is 5.39 Å². The number of nitrogen functional groups attached to an aromatic ring is 1. The number of nitrogens with two attached hydrogens (primary N) is 1. The third-order valence-corrected chi connectivity index (χ3v) is 10.9. The van der Waals surface area contributed by atoms with Crippen molar-refractivity contribution >= 4 is 48.9 Å². The van der Waals surface area contributed by atoms with Gasteiger partial charge in [0.1, 0.15) is 4.83 Å². The number of aromatic nitrogens is 1. The van der Waals surface area contributed by atoms with Gasteiger partial charge in [-0.2, -0.15) is 0 Å². The second-order valence-electron chi connectivity index (χ2n) is 7.04. The number of hydrogen-bond acceptors (Lipinski definition) is 5. The summed E-state index contributed by atoms with van der Waals surface area (Å²) in [7, 11) is -2.17. The van der Waals surface area contributed by atoms with Crippen LogP contribution in [0, 0.1) is 0 Å². The summed E-state index contributed by atoms with van der Waals surface area (Å²) in [5.74, 6) is 1.30. The summed E-state index contributed by atoms with van der Waals surface area (Å²) >= 11 is 3.19. The summed E-state index contributed by atoms with van der Waals surface area (Å²) in [6.45, 7) is 4.14. The molecule has 0 aliphatic carbocycles. The van der Waals surface area contributed by atoms with Gasteiger partial charge >= 0.3 is 0 Å². The summed E-state index contributed by atoms with van der Waals surface area (Å²) < 4.78 is 14.6. The molecule has 0 aliphatic rings. The molecular weight excluding hydrogens is 416 g/mol. The number of unbranched alkanes of at least 4 members (excludes halogenated alkanes) is 1. The maximum absolute atomic E-state index is 13.8. The minimum absolute atomic E-state index is 0.614. The summed E-state index contributed by atoms with van der Waals surface area (Å²) in [6.07, 6.45) is 1.97. The lowest BCUT2D eigenvalue weighted by Crippen LogP contribution is -2.08. The molecule has 4 aromatic rings. The molecule has 0 saturated carbocycles. The van der Waals surface area contributed by atoms with Crippen LogP contribution in [0.15, 0.2) is 58.1 Å². The van der Waals surface area contributed by atoms with E-state index in [0.29, 0.717) is 17.2 Å². The topological polar surface area (TPSA) is 62.0 Å². The third-order valence-electron chi connectivity index (χ3n) is 5.16. The molecule has 0 fully saturated rings. The SMILES string of the molecule is CCCCS([O-])(CC)c1sc2nc(-c3cccs3)cc(-c3ccccc3)c2c1N. The number of hydrogen-bond donors (Lipinski definition) is 1. The van der Waals surface area contributed by atoms with Crippen molar-refractivity contribution in [3.05, 3.63) is 53.9 Å². The fourth-order valence-electron chi connectivity index (χ4n) is 3.52. The number of fused-ring (bicyclic) bond motifs is 1. The number of nitrogens with zero attached hydrogens (tertiary/aromatic N) is 1. The van der Waals surface area contributed by atoms with E-state index in [1.54, 1.807) is 11.3 Å². The summed E-state index contributed by atoms with van der Waals surface area (Å²) in [6, 6.07) is 16.5. The average Bonchev–Trinajstić information content (AvgIpc) is 3.41. The Hall–Kier alpha value is -1.86. The zero-order valence-corrected chi connectivity index (χ0v) is 19.1. The standard InChI is InChI=1S/C23H26N2OS3/c1-3-5-14-29(26,4-2)23-21(24)20-17(16-10-7-6-8-11-16)15-18(25-22(20)28-23)19-12-9-13-27-19/h6-13,15,26H,3-5,14,24H2,1-2H3/p-1. The Morgan fingerprint density at radius 2 is 1.90 bits per heavy atom. The van der Waals surface area contributed by atoms with E-state index in [1.807, 2.05) is 31.2 Å². The normalized spacial score (nSPS) is 14.7. The second-order valence-corrected chi connectivity index (χ2v) is 12.3. The molecule has 3 heterocycles. The summed E-state index contributed by atoms with van der Waals surface area (Å²) in [5.41, 5.74) is 10.4. The van der Waals surface area contributed by atoms with Gasteiger partial charge in [-0.3, -0.25) is 10.3 Å². The fourth-order valence-corrected chi connectivity index (χ4v) is 8.50. The van der Waals surface area contributed by atoms with Gasteiger partial charge < -0.3 is 10.3 Å². The molecule has 1 unspecified atom stereocenters. The minimum Gasteiger partial charge on any atom is -0.808 e. The zero-order valence-electron chi connectivity index (χ0n) is 16.7. The van der Waals surface area contributed by atoms with Crippen molar-refractivity contribution in [2.75, 3.05) is 17.2 Å². The van der Waals surface area contributed by atoms with Gasteiger partial charge in [-0.1, -0.05) is 56.7 Å². The monoisotopic (exact) mass is 441 g/mol. The molecule has 3 nitrogen and oxygen atoms in total. The van der Waals surface area contributed by atoms with Gasteiger partial charge in [-0.25, -0.2) is 4.98 Å². The van der Waals surface area contributed by atoms with Crippen molar-refractivity contribution in [2.45, 2.75) is 30.9 Å². The van der Waals surface area contributed by atoms with Crippen molar-refractivity contribution in [1.29, 1.82) is 0 Å². The Morgan fingerprint density at radius 1 is 1.10 bits per heavy atom. The van der Waals surface area contributed by atoms with E-state index in [0.717, 1.165) is 49.0 Å². The molecule has 1 atom stereocenters. The molecule has 0 spiro atoms. The minimum atomic E-state index is -2.17. The maximum Gasteiger partial charge on any atom is 0.127 e.